The number of carbonyl (C=O) groups is 1. The van der Waals surface area contributed by atoms with Crippen LogP contribution < -0.4 is 0 Å². The number of ether oxygens (including phenoxy) is 2. The van der Waals surface area contributed by atoms with Crippen molar-refractivity contribution in [1.29, 1.82) is 0 Å². The monoisotopic (exact) mass is 178 g/mol. The first-order valence-corrected chi connectivity index (χ1v) is 3.35. The first kappa shape index (κ1) is 11.1. The number of hydrogen-bond acceptors (Lipinski definition) is 4. The van der Waals surface area contributed by atoms with Crippen molar-refractivity contribution in [3.8, 4) is 0 Å². The second kappa shape index (κ2) is 5.68. The van der Waals surface area contributed by atoms with Gasteiger partial charge in [-0.3, -0.25) is 0 Å². The van der Waals surface area contributed by atoms with Crippen molar-refractivity contribution in [1.82, 2.24) is 0 Å². The highest BCUT2D eigenvalue weighted by Gasteiger charge is 2.11. The van der Waals surface area contributed by atoms with E-state index in [-0.39, 0.29) is 13.2 Å². The van der Waals surface area contributed by atoms with Gasteiger partial charge >= 0.3 is 5.97 Å². The van der Waals surface area contributed by atoms with Crippen LogP contribution in [0.3, 0.4) is 0 Å². The van der Waals surface area contributed by atoms with Crippen LogP contribution in [0.15, 0.2) is 12.4 Å². The molecule has 70 valence electrons. The van der Waals surface area contributed by atoms with E-state index in [4.69, 9.17) is 9.84 Å². The largest absolute Gasteiger partial charge is 0.431 e. The Hall–Kier alpha value is -0.940. The first-order chi connectivity index (χ1) is 5.57. The summed E-state index contributed by atoms with van der Waals surface area (Å²) in [5, 5.41) is 8.30. The minimum absolute atomic E-state index is 0.0349. The number of carbonyl (C=O) groups excluding carboxylic acids is 1. The molecule has 1 atom stereocenters. The van der Waals surface area contributed by atoms with Crippen LogP contribution in [-0.2, 0) is 14.3 Å². The van der Waals surface area contributed by atoms with Crippen LogP contribution in [0.5, 0.6) is 0 Å². The Kier molecular flexibility index (Phi) is 5.23. The molecule has 0 bridgehead atoms. The number of aliphatic hydroxyl groups is 1. The van der Waals surface area contributed by atoms with Gasteiger partial charge in [-0.05, 0) is 6.92 Å². The summed E-state index contributed by atoms with van der Waals surface area (Å²) in [7, 11) is 0. The van der Waals surface area contributed by atoms with Gasteiger partial charge in [0.2, 0.25) is 12.1 Å². The van der Waals surface area contributed by atoms with E-state index in [9.17, 15) is 9.18 Å². The van der Waals surface area contributed by atoms with Gasteiger partial charge in [0, 0.05) is 0 Å². The maximum Gasteiger partial charge on any atom is 0.368 e. The van der Waals surface area contributed by atoms with Gasteiger partial charge in [-0.1, -0.05) is 6.58 Å². The van der Waals surface area contributed by atoms with Gasteiger partial charge in [0.25, 0.3) is 0 Å². The molecule has 0 aromatic carbocycles. The number of hydrogen-bond donors (Lipinski definition) is 1. The summed E-state index contributed by atoms with van der Waals surface area (Å²) >= 11 is 0. The Morgan fingerprint density at radius 1 is 1.75 bits per heavy atom. The van der Waals surface area contributed by atoms with Crippen LogP contribution in [0.1, 0.15) is 6.92 Å². The molecule has 0 saturated carbocycles. The van der Waals surface area contributed by atoms with Gasteiger partial charge in [-0.2, -0.15) is 4.39 Å². The van der Waals surface area contributed by atoms with Crippen molar-refractivity contribution in [2.75, 3.05) is 13.2 Å². The number of halogens is 1. The lowest BCUT2D eigenvalue weighted by atomic mass is 10.6. The molecular weight excluding hydrogens is 167 g/mol. The molecule has 0 heterocycles. The molecule has 0 amide bonds. The molecule has 0 fully saturated rings. The van der Waals surface area contributed by atoms with E-state index >= 15 is 0 Å². The fraction of sp³-hybridized carbons (Fsp3) is 0.571. The summed E-state index contributed by atoms with van der Waals surface area (Å²) in [4.78, 5) is 10.5. The van der Waals surface area contributed by atoms with E-state index in [0.29, 0.717) is 0 Å². The predicted molar refractivity (Wildman–Crippen MR) is 38.8 cm³/mol. The van der Waals surface area contributed by atoms with Crippen molar-refractivity contribution in [3.05, 3.63) is 12.4 Å². The number of aliphatic hydroxyl groups excluding tert-OH is 1. The van der Waals surface area contributed by atoms with E-state index in [1.807, 2.05) is 0 Å². The summed E-state index contributed by atoms with van der Waals surface area (Å²) in [5.41, 5.74) is 0. The summed E-state index contributed by atoms with van der Waals surface area (Å²) < 4.78 is 21.1. The van der Waals surface area contributed by atoms with Crippen LogP contribution >= 0.6 is 0 Å². The predicted octanol–water partition coefficient (Wildman–Crippen LogP) is 0.368. The Morgan fingerprint density at radius 3 is 2.75 bits per heavy atom. The molecule has 0 saturated heterocycles. The molecule has 0 aromatic rings. The molecule has 5 heteroatoms. The lowest BCUT2D eigenvalue weighted by Gasteiger charge is -2.11. The fourth-order valence-electron chi connectivity index (χ4n) is 0.467. The van der Waals surface area contributed by atoms with Crippen molar-refractivity contribution in [2.24, 2.45) is 0 Å². The third-order valence-corrected chi connectivity index (χ3v) is 0.938. The summed E-state index contributed by atoms with van der Waals surface area (Å²) in [6.07, 6.45) is -0.878. The lowest BCUT2D eigenvalue weighted by Crippen LogP contribution is -2.19. The molecule has 0 aromatic heterocycles. The summed E-state index contributed by atoms with van der Waals surface area (Å²) in [6.45, 7) is 4.01. The van der Waals surface area contributed by atoms with Gasteiger partial charge in [0.1, 0.15) is 0 Å². The van der Waals surface area contributed by atoms with E-state index in [1.165, 1.54) is 6.92 Å². The van der Waals surface area contributed by atoms with Gasteiger partial charge in [0.15, 0.2) is 0 Å². The van der Waals surface area contributed by atoms with Crippen LogP contribution in [-0.4, -0.2) is 30.6 Å². The minimum atomic E-state index is -1.17. The molecular formula is C7H11FO4. The smallest absolute Gasteiger partial charge is 0.368 e. The zero-order chi connectivity index (χ0) is 9.56. The third kappa shape index (κ3) is 4.81. The molecule has 0 aliphatic rings. The average molecular weight is 178 g/mol. The summed E-state index contributed by atoms with van der Waals surface area (Å²) in [6, 6.07) is 0. The Bertz CT molecular complexity index is 169. The van der Waals surface area contributed by atoms with Crippen LogP contribution in [0.2, 0.25) is 0 Å². The van der Waals surface area contributed by atoms with Crippen LogP contribution in [0.4, 0.5) is 4.39 Å². The van der Waals surface area contributed by atoms with E-state index in [1.54, 1.807) is 0 Å². The van der Waals surface area contributed by atoms with E-state index < -0.39 is 18.1 Å². The van der Waals surface area contributed by atoms with Crippen molar-refractivity contribution in [2.45, 2.75) is 13.2 Å². The molecule has 1 N–H and O–H groups in total. The molecule has 0 spiro atoms. The topological polar surface area (TPSA) is 55.8 Å². The molecule has 12 heavy (non-hydrogen) atoms. The van der Waals surface area contributed by atoms with E-state index in [0.717, 1.165) is 0 Å². The normalized spacial score (nSPS) is 12.2. The SMILES string of the molecule is C=C(F)C(=O)OC(C)OCCO. The molecule has 0 aliphatic carbocycles. The van der Waals surface area contributed by atoms with Crippen molar-refractivity contribution >= 4 is 5.97 Å². The Balaban J connectivity index is 3.61. The fourth-order valence-corrected chi connectivity index (χ4v) is 0.467. The van der Waals surface area contributed by atoms with E-state index in [2.05, 4.69) is 11.3 Å². The maximum atomic E-state index is 12.0. The van der Waals surface area contributed by atoms with Gasteiger partial charge in [0.05, 0.1) is 13.2 Å². The molecule has 4 nitrogen and oxygen atoms in total. The highest BCUT2D eigenvalue weighted by molar-refractivity contribution is 5.85. The zero-order valence-corrected chi connectivity index (χ0v) is 6.75. The standard InChI is InChI=1S/C7H11FO4/c1-5(8)7(10)12-6(2)11-4-3-9/h6,9H,1,3-4H2,2H3. The zero-order valence-electron chi connectivity index (χ0n) is 6.75. The van der Waals surface area contributed by atoms with Gasteiger partial charge < -0.3 is 14.6 Å². The minimum Gasteiger partial charge on any atom is -0.431 e. The Morgan fingerprint density at radius 2 is 2.33 bits per heavy atom. The molecule has 0 aliphatic heterocycles. The second-order valence-electron chi connectivity index (χ2n) is 1.97. The van der Waals surface area contributed by atoms with Gasteiger partial charge in [-0.25, -0.2) is 4.79 Å². The van der Waals surface area contributed by atoms with Crippen LogP contribution in [0.25, 0.3) is 0 Å². The molecule has 0 rings (SSSR count). The third-order valence-electron chi connectivity index (χ3n) is 0.938. The maximum absolute atomic E-state index is 12.0. The summed E-state index contributed by atoms with van der Waals surface area (Å²) in [5.74, 6) is -2.32. The number of esters is 1. The van der Waals surface area contributed by atoms with Crippen molar-refractivity contribution < 1.29 is 23.8 Å². The highest BCUT2D eigenvalue weighted by Crippen LogP contribution is 2.00. The Labute approximate surface area is 69.6 Å². The first-order valence-electron chi connectivity index (χ1n) is 3.35. The lowest BCUT2D eigenvalue weighted by molar-refractivity contribution is -0.173. The van der Waals surface area contributed by atoms with Crippen LogP contribution in [0, 0.1) is 0 Å². The van der Waals surface area contributed by atoms with Gasteiger partial charge in [-0.15, -0.1) is 0 Å². The number of rotatable bonds is 5. The average Bonchev–Trinajstić information content (AvgIpc) is 2.00. The quantitative estimate of drug-likeness (QED) is 0.375. The molecule has 0 radical (unpaired) electrons. The molecule has 1 unspecified atom stereocenters. The highest BCUT2D eigenvalue weighted by atomic mass is 19.1. The van der Waals surface area contributed by atoms with Crippen molar-refractivity contribution in [3.63, 3.8) is 0 Å². The second-order valence-corrected chi connectivity index (χ2v) is 1.97.